The average Bonchev–Trinajstić information content (AvgIpc) is 3.41. The van der Waals surface area contributed by atoms with Gasteiger partial charge in [-0.3, -0.25) is 9.56 Å². The first-order valence-corrected chi connectivity index (χ1v) is 17.2. The predicted molar refractivity (Wildman–Crippen MR) is 194 cm³/mol. The van der Waals surface area contributed by atoms with Crippen LogP contribution in [0.15, 0.2) is 64.5 Å². The van der Waals surface area contributed by atoms with E-state index in [-0.39, 0.29) is 28.2 Å². The smallest absolute Gasteiger partial charge is 0.406 e. The molecule has 4 aromatic rings. The average molecular weight is 703 g/mol. The number of thioether (sulfide) groups is 1. The number of halogens is 3. The second-order valence-electron chi connectivity index (χ2n) is 13.6. The lowest BCUT2D eigenvalue weighted by Crippen LogP contribution is -2.23. The number of ether oxygens (including phenoxy) is 1. The van der Waals surface area contributed by atoms with E-state index in [1.165, 1.54) is 12.1 Å². The van der Waals surface area contributed by atoms with Crippen molar-refractivity contribution in [1.29, 1.82) is 0 Å². The van der Waals surface area contributed by atoms with E-state index in [1.807, 2.05) is 57.3 Å². The number of hydrogen-bond acceptors (Lipinski definition) is 7. The molecule has 2 aromatic carbocycles. The van der Waals surface area contributed by atoms with Crippen LogP contribution in [0.1, 0.15) is 70.3 Å². The molecular weight excluding hydrogens is 654 g/mol. The fourth-order valence-electron chi connectivity index (χ4n) is 4.65. The molecule has 0 fully saturated rings. The molecule has 268 valence electrons. The summed E-state index contributed by atoms with van der Waals surface area (Å²) in [6, 6.07) is 14.7. The van der Waals surface area contributed by atoms with Gasteiger partial charge in [0.2, 0.25) is 0 Å². The number of guanidine groups is 1. The van der Waals surface area contributed by atoms with E-state index in [2.05, 4.69) is 51.9 Å². The maximum Gasteiger partial charge on any atom is 0.573 e. The second kappa shape index (κ2) is 17.1. The number of nitrogens with two attached hydrogens (primary N) is 3. The van der Waals surface area contributed by atoms with Gasteiger partial charge in [0.1, 0.15) is 11.4 Å². The number of fused-ring (bicyclic) bond motifs is 1. The minimum atomic E-state index is -4.67. The molecule has 10 nitrogen and oxygen atoms in total. The number of nitrogens with one attached hydrogen (secondary N) is 2. The molecular formula is C35H49F3N8O2S. The molecule has 0 aliphatic carbocycles. The van der Waals surface area contributed by atoms with E-state index >= 15 is 0 Å². The summed E-state index contributed by atoms with van der Waals surface area (Å²) < 4.78 is 42.7. The van der Waals surface area contributed by atoms with Crippen molar-refractivity contribution in [2.75, 3.05) is 25.4 Å². The van der Waals surface area contributed by atoms with E-state index in [1.54, 1.807) is 16.3 Å². The SMILES string of the molecule is CC(C)(C)c1cc(CSCCN)cc(OC(F)(F)F)c1.CC(C)(C)c1cc2cn(-c3ccc(CNCCCN=C(N)N)cc3)c(=O)nc2[nH]1. The van der Waals surface area contributed by atoms with E-state index < -0.39 is 6.36 Å². The van der Waals surface area contributed by atoms with Crippen molar-refractivity contribution in [2.45, 2.75) is 77.5 Å². The normalized spacial score (nSPS) is 12.0. The molecule has 0 aliphatic rings. The lowest BCUT2D eigenvalue weighted by molar-refractivity contribution is -0.274. The molecule has 8 N–H and O–H groups in total. The minimum Gasteiger partial charge on any atom is -0.406 e. The van der Waals surface area contributed by atoms with Crippen molar-refractivity contribution in [3.05, 3.63) is 87.6 Å². The molecule has 0 aliphatic heterocycles. The molecule has 0 atom stereocenters. The number of H-pyrrole nitrogens is 1. The number of aromatic amines is 1. The lowest BCUT2D eigenvalue weighted by Gasteiger charge is -2.21. The Bertz CT molecular complexity index is 1730. The standard InChI is InChI=1S/C21H29N7O.C14H20F3NOS/c1-21(2,3)17-11-15-13-28(20(29)27-18(15)26-17)16-7-5-14(6-8-16)12-24-9-4-10-25-19(22)23;1-13(2,3)11-6-10(9-20-5-4-18)7-12(8-11)19-14(15,16)17/h5-8,11,13,24H,4,9-10,12H2,1-3H3,(H4,22,23,25)(H,26,27,29);6-8H,4-5,9,18H2,1-3H3. The zero-order valence-electron chi connectivity index (χ0n) is 29.1. The van der Waals surface area contributed by atoms with Crippen molar-refractivity contribution in [3.8, 4) is 11.4 Å². The highest BCUT2D eigenvalue weighted by atomic mass is 32.2. The fourth-order valence-corrected chi connectivity index (χ4v) is 5.36. The predicted octanol–water partition coefficient (Wildman–Crippen LogP) is 5.84. The molecule has 14 heteroatoms. The Balaban J connectivity index is 0.000000286. The van der Waals surface area contributed by atoms with Crippen LogP contribution in [0.5, 0.6) is 5.75 Å². The van der Waals surface area contributed by atoms with Crippen LogP contribution in [0.25, 0.3) is 16.7 Å². The van der Waals surface area contributed by atoms with Crippen molar-refractivity contribution in [3.63, 3.8) is 0 Å². The van der Waals surface area contributed by atoms with Gasteiger partial charge < -0.3 is 32.2 Å². The van der Waals surface area contributed by atoms with E-state index in [4.69, 9.17) is 17.2 Å². The summed E-state index contributed by atoms with van der Waals surface area (Å²) in [6.45, 7) is 15.0. The van der Waals surface area contributed by atoms with Gasteiger partial charge in [-0.15, -0.1) is 13.2 Å². The van der Waals surface area contributed by atoms with Crippen LogP contribution < -0.4 is 32.9 Å². The molecule has 0 saturated carbocycles. The molecule has 2 heterocycles. The first kappa shape index (κ1) is 39.4. The molecule has 0 spiro atoms. The van der Waals surface area contributed by atoms with Crippen molar-refractivity contribution in [1.82, 2.24) is 19.9 Å². The summed E-state index contributed by atoms with van der Waals surface area (Å²) in [4.78, 5) is 23.9. The third kappa shape index (κ3) is 13.1. The Morgan fingerprint density at radius 2 is 1.69 bits per heavy atom. The van der Waals surface area contributed by atoms with Crippen LogP contribution >= 0.6 is 11.8 Å². The first-order valence-electron chi connectivity index (χ1n) is 16.0. The molecule has 49 heavy (non-hydrogen) atoms. The zero-order chi connectivity index (χ0) is 36.4. The number of rotatable bonds is 12. The molecule has 0 amide bonds. The number of benzene rings is 2. The van der Waals surface area contributed by atoms with Gasteiger partial charge in [0.05, 0.1) is 5.69 Å². The quantitative estimate of drug-likeness (QED) is 0.0699. The van der Waals surface area contributed by atoms with Gasteiger partial charge >= 0.3 is 12.1 Å². The zero-order valence-corrected chi connectivity index (χ0v) is 29.9. The molecule has 0 unspecified atom stereocenters. The van der Waals surface area contributed by atoms with E-state index in [9.17, 15) is 18.0 Å². The number of aromatic nitrogens is 3. The minimum absolute atomic E-state index is 0.0352. The second-order valence-corrected chi connectivity index (χ2v) is 14.7. The molecule has 2 aromatic heterocycles. The van der Waals surface area contributed by atoms with Crippen molar-refractivity contribution in [2.24, 2.45) is 22.2 Å². The van der Waals surface area contributed by atoms with Crippen molar-refractivity contribution >= 4 is 28.8 Å². The van der Waals surface area contributed by atoms with Gasteiger partial charge in [0.25, 0.3) is 0 Å². The largest absolute Gasteiger partial charge is 0.573 e. The Hall–Kier alpha value is -4.01. The summed E-state index contributed by atoms with van der Waals surface area (Å²) in [5.74, 6) is 1.36. The van der Waals surface area contributed by atoms with E-state index in [0.717, 1.165) is 58.7 Å². The highest BCUT2D eigenvalue weighted by molar-refractivity contribution is 7.98. The summed E-state index contributed by atoms with van der Waals surface area (Å²) >= 11 is 1.59. The van der Waals surface area contributed by atoms with Gasteiger partial charge in [-0.05, 0) is 65.4 Å². The number of alkyl halides is 3. The molecule has 0 bridgehead atoms. The molecule has 4 rings (SSSR count). The first-order chi connectivity index (χ1) is 22.9. The molecule has 0 radical (unpaired) electrons. The third-order valence-electron chi connectivity index (χ3n) is 7.26. The maximum absolute atomic E-state index is 12.5. The highest BCUT2D eigenvalue weighted by Crippen LogP contribution is 2.32. The lowest BCUT2D eigenvalue weighted by atomic mass is 9.86. The van der Waals surface area contributed by atoms with Gasteiger partial charge in [0, 0.05) is 53.8 Å². The summed E-state index contributed by atoms with van der Waals surface area (Å²) in [5.41, 5.74) is 20.7. The van der Waals surface area contributed by atoms with Crippen LogP contribution in [0.3, 0.4) is 0 Å². The maximum atomic E-state index is 12.5. The number of hydrogen-bond donors (Lipinski definition) is 5. The summed E-state index contributed by atoms with van der Waals surface area (Å²) in [5, 5.41) is 4.27. The van der Waals surface area contributed by atoms with Crippen LogP contribution in [-0.4, -0.2) is 52.2 Å². The van der Waals surface area contributed by atoms with Crippen LogP contribution in [-0.2, 0) is 23.1 Å². The van der Waals surface area contributed by atoms with E-state index in [0.29, 0.717) is 24.5 Å². The Labute approximate surface area is 290 Å². The molecule has 0 saturated heterocycles. The van der Waals surface area contributed by atoms with Crippen molar-refractivity contribution < 1.29 is 17.9 Å². The number of nitrogens with zero attached hydrogens (tertiary/aromatic N) is 3. The van der Waals surface area contributed by atoms with Gasteiger partial charge in [0.15, 0.2) is 5.96 Å². The highest BCUT2D eigenvalue weighted by Gasteiger charge is 2.31. The van der Waals surface area contributed by atoms with Crippen LogP contribution in [0.2, 0.25) is 0 Å². The van der Waals surface area contributed by atoms with Gasteiger partial charge in [-0.25, -0.2) is 4.79 Å². The third-order valence-corrected chi connectivity index (χ3v) is 8.32. The van der Waals surface area contributed by atoms with Gasteiger partial charge in [-0.1, -0.05) is 59.7 Å². The monoisotopic (exact) mass is 702 g/mol. The Kier molecular flexibility index (Phi) is 13.7. The van der Waals surface area contributed by atoms with Gasteiger partial charge in [-0.2, -0.15) is 16.7 Å². The Morgan fingerprint density at radius 1 is 1.00 bits per heavy atom. The summed E-state index contributed by atoms with van der Waals surface area (Å²) in [6.07, 6.45) is -1.96. The number of aliphatic imine (C=N–C) groups is 1. The van der Waals surface area contributed by atoms with Crippen LogP contribution in [0.4, 0.5) is 13.2 Å². The topological polar surface area (TPSA) is 162 Å². The van der Waals surface area contributed by atoms with Crippen LogP contribution in [0, 0.1) is 0 Å². The summed E-state index contributed by atoms with van der Waals surface area (Å²) in [7, 11) is 0. The fraction of sp³-hybridized carbons (Fsp3) is 0.457. The Morgan fingerprint density at radius 3 is 2.29 bits per heavy atom.